The van der Waals surface area contributed by atoms with Crippen LogP contribution in [0.25, 0.3) is 0 Å². The molecule has 1 aromatic heterocycles. The molecular weight excluding hydrogens is 367 g/mol. The number of anilines is 1. The SMILES string of the molecule is O=C(c1ccccc1)c1ccc2n1CC[C@@H]2C(=O)Nc1ccc(Cl)cc1F. The van der Waals surface area contributed by atoms with Crippen molar-refractivity contribution in [2.24, 2.45) is 0 Å². The van der Waals surface area contributed by atoms with Gasteiger partial charge in [-0.2, -0.15) is 0 Å². The zero-order valence-corrected chi connectivity index (χ0v) is 15.0. The average molecular weight is 383 g/mol. The van der Waals surface area contributed by atoms with Crippen LogP contribution >= 0.6 is 11.6 Å². The van der Waals surface area contributed by atoms with Crippen LogP contribution in [0.2, 0.25) is 5.02 Å². The van der Waals surface area contributed by atoms with Gasteiger partial charge < -0.3 is 9.88 Å². The van der Waals surface area contributed by atoms with Crippen molar-refractivity contribution in [2.75, 3.05) is 5.32 Å². The van der Waals surface area contributed by atoms with Crippen LogP contribution in [0, 0.1) is 5.82 Å². The third-order valence-electron chi connectivity index (χ3n) is 4.79. The Balaban J connectivity index is 1.57. The number of carbonyl (C=O) groups excluding carboxylic acids is 2. The molecule has 1 atom stereocenters. The number of nitrogens with zero attached hydrogens (tertiary/aromatic N) is 1. The number of amides is 1. The van der Waals surface area contributed by atoms with Crippen molar-refractivity contribution in [3.8, 4) is 0 Å². The largest absolute Gasteiger partial charge is 0.341 e. The highest BCUT2D eigenvalue weighted by molar-refractivity contribution is 6.30. The standard InChI is InChI=1S/C21H16ClFN2O2/c22-14-6-7-17(16(23)12-14)24-21(27)15-10-11-25-18(15)8-9-19(25)20(26)13-4-2-1-3-5-13/h1-9,12,15H,10-11H2,(H,24,27)/t15-/m0/s1. The van der Waals surface area contributed by atoms with E-state index in [0.29, 0.717) is 24.2 Å². The molecule has 1 aliphatic rings. The van der Waals surface area contributed by atoms with E-state index in [1.165, 1.54) is 12.1 Å². The summed E-state index contributed by atoms with van der Waals surface area (Å²) in [4.78, 5) is 25.4. The number of nitrogens with one attached hydrogen (secondary N) is 1. The van der Waals surface area contributed by atoms with E-state index in [1.807, 2.05) is 22.8 Å². The fourth-order valence-corrected chi connectivity index (χ4v) is 3.61. The molecule has 2 heterocycles. The molecule has 0 spiro atoms. The quantitative estimate of drug-likeness (QED) is 0.668. The molecule has 0 bridgehead atoms. The van der Waals surface area contributed by atoms with Gasteiger partial charge in [-0.25, -0.2) is 4.39 Å². The van der Waals surface area contributed by atoms with Gasteiger partial charge in [0.05, 0.1) is 17.3 Å². The molecule has 0 fully saturated rings. The maximum absolute atomic E-state index is 13.9. The van der Waals surface area contributed by atoms with E-state index in [4.69, 9.17) is 11.6 Å². The second-order valence-electron chi connectivity index (χ2n) is 6.44. The van der Waals surface area contributed by atoms with Gasteiger partial charge in [0.25, 0.3) is 0 Å². The lowest BCUT2D eigenvalue weighted by Crippen LogP contribution is -2.20. The number of benzene rings is 2. The molecule has 0 saturated carbocycles. The van der Waals surface area contributed by atoms with Crippen LogP contribution in [0.3, 0.4) is 0 Å². The summed E-state index contributed by atoms with van der Waals surface area (Å²) in [5.74, 6) is -1.39. The second kappa shape index (κ2) is 7.00. The highest BCUT2D eigenvalue weighted by Gasteiger charge is 2.32. The van der Waals surface area contributed by atoms with E-state index in [2.05, 4.69) is 5.32 Å². The summed E-state index contributed by atoms with van der Waals surface area (Å²) in [6.07, 6.45) is 0.562. The van der Waals surface area contributed by atoms with E-state index in [9.17, 15) is 14.0 Å². The molecule has 1 N–H and O–H groups in total. The van der Waals surface area contributed by atoms with Gasteiger partial charge in [0.2, 0.25) is 11.7 Å². The van der Waals surface area contributed by atoms with Crippen molar-refractivity contribution in [3.63, 3.8) is 0 Å². The van der Waals surface area contributed by atoms with Crippen molar-refractivity contribution in [1.82, 2.24) is 4.57 Å². The molecule has 6 heteroatoms. The van der Waals surface area contributed by atoms with E-state index in [1.54, 1.807) is 24.3 Å². The zero-order valence-electron chi connectivity index (χ0n) is 14.3. The second-order valence-corrected chi connectivity index (χ2v) is 6.88. The highest BCUT2D eigenvalue weighted by Crippen LogP contribution is 2.33. The van der Waals surface area contributed by atoms with E-state index in [0.717, 1.165) is 11.8 Å². The first kappa shape index (κ1) is 17.5. The molecule has 4 nitrogen and oxygen atoms in total. The third kappa shape index (κ3) is 3.26. The summed E-state index contributed by atoms with van der Waals surface area (Å²) in [7, 11) is 0. The Morgan fingerprint density at radius 3 is 2.59 bits per heavy atom. The Labute approximate surface area is 160 Å². The van der Waals surface area contributed by atoms with Crippen molar-refractivity contribution in [2.45, 2.75) is 18.9 Å². The Bertz CT molecular complexity index is 1030. The van der Waals surface area contributed by atoms with Crippen LogP contribution in [0.5, 0.6) is 0 Å². The van der Waals surface area contributed by atoms with E-state index >= 15 is 0 Å². The summed E-state index contributed by atoms with van der Waals surface area (Å²) in [6.45, 7) is 0.567. The zero-order chi connectivity index (χ0) is 19.0. The first-order valence-corrected chi connectivity index (χ1v) is 8.97. The molecule has 136 valence electrons. The normalized spacial score (nSPS) is 15.4. The van der Waals surface area contributed by atoms with Crippen LogP contribution in [-0.4, -0.2) is 16.3 Å². The molecule has 1 amide bonds. The number of ketones is 1. The summed E-state index contributed by atoms with van der Waals surface area (Å²) in [6, 6.07) is 16.7. The number of halogens is 2. The molecule has 0 unspecified atom stereocenters. The lowest BCUT2D eigenvalue weighted by atomic mass is 10.0. The van der Waals surface area contributed by atoms with E-state index < -0.39 is 11.7 Å². The molecule has 3 aromatic rings. The number of fused-ring (bicyclic) bond motifs is 1. The van der Waals surface area contributed by atoms with Crippen molar-refractivity contribution in [3.05, 3.63) is 88.5 Å². The van der Waals surface area contributed by atoms with Crippen LogP contribution in [0.15, 0.2) is 60.7 Å². The molecule has 1 aliphatic heterocycles. The van der Waals surface area contributed by atoms with Crippen LogP contribution in [0.1, 0.15) is 34.1 Å². The van der Waals surface area contributed by atoms with Gasteiger partial charge in [-0.15, -0.1) is 0 Å². The summed E-state index contributed by atoms with van der Waals surface area (Å²) in [5.41, 5.74) is 2.02. The minimum Gasteiger partial charge on any atom is -0.341 e. The summed E-state index contributed by atoms with van der Waals surface area (Å²) < 4.78 is 15.8. The number of hydrogen-bond acceptors (Lipinski definition) is 2. The van der Waals surface area contributed by atoms with Crippen molar-refractivity contribution >= 4 is 29.0 Å². The number of aromatic nitrogens is 1. The predicted octanol–water partition coefficient (Wildman–Crippen LogP) is 4.64. The lowest BCUT2D eigenvalue weighted by Gasteiger charge is -2.11. The first-order chi connectivity index (χ1) is 13.0. The molecule has 0 radical (unpaired) electrons. The predicted molar refractivity (Wildman–Crippen MR) is 102 cm³/mol. The van der Waals surface area contributed by atoms with Gasteiger partial charge in [-0.3, -0.25) is 9.59 Å². The molecule has 0 aliphatic carbocycles. The topological polar surface area (TPSA) is 51.1 Å². The van der Waals surface area contributed by atoms with Gasteiger partial charge >= 0.3 is 0 Å². The molecule has 2 aromatic carbocycles. The number of rotatable bonds is 4. The Morgan fingerprint density at radius 1 is 1.07 bits per heavy atom. The minimum absolute atomic E-state index is 0.0772. The Hall–Kier alpha value is -2.92. The van der Waals surface area contributed by atoms with Gasteiger partial charge in [0, 0.05) is 22.8 Å². The molecule has 4 rings (SSSR count). The van der Waals surface area contributed by atoms with Crippen molar-refractivity contribution < 1.29 is 14.0 Å². The van der Waals surface area contributed by atoms with Gasteiger partial charge in [0.1, 0.15) is 5.82 Å². The Morgan fingerprint density at radius 2 is 1.85 bits per heavy atom. The maximum atomic E-state index is 13.9. The minimum atomic E-state index is -0.579. The highest BCUT2D eigenvalue weighted by atomic mass is 35.5. The van der Waals surface area contributed by atoms with Crippen molar-refractivity contribution in [1.29, 1.82) is 0 Å². The number of carbonyl (C=O) groups is 2. The van der Waals surface area contributed by atoms with Crippen LogP contribution in [0.4, 0.5) is 10.1 Å². The number of hydrogen-bond donors (Lipinski definition) is 1. The first-order valence-electron chi connectivity index (χ1n) is 8.59. The maximum Gasteiger partial charge on any atom is 0.233 e. The van der Waals surface area contributed by atoms with Gasteiger partial charge in [0.15, 0.2) is 0 Å². The fourth-order valence-electron chi connectivity index (χ4n) is 3.46. The Kier molecular flexibility index (Phi) is 4.54. The van der Waals surface area contributed by atoms with Gasteiger partial charge in [-0.05, 0) is 36.8 Å². The smallest absolute Gasteiger partial charge is 0.233 e. The fraction of sp³-hybridized carbons (Fsp3) is 0.143. The molecular formula is C21H16ClFN2O2. The van der Waals surface area contributed by atoms with Crippen LogP contribution < -0.4 is 5.32 Å². The molecule has 0 saturated heterocycles. The average Bonchev–Trinajstić information content (AvgIpc) is 3.26. The summed E-state index contributed by atoms with van der Waals surface area (Å²) >= 11 is 5.74. The lowest BCUT2D eigenvalue weighted by molar-refractivity contribution is -0.117. The van der Waals surface area contributed by atoms with E-state index in [-0.39, 0.29) is 22.4 Å². The molecule has 27 heavy (non-hydrogen) atoms. The summed E-state index contributed by atoms with van der Waals surface area (Å²) in [5, 5.41) is 2.89. The van der Waals surface area contributed by atoms with Crippen LogP contribution in [-0.2, 0) is 11.3 Å². The monoisotopic (exact) mass is 382 g/mol. The van der Waals surface area contributed by atoms with Gasteiger partial charge in [-0.1, -0.05) is 41.9 Å². The third-order valence-corrected chi connectivity index (χ3v) is 5.02.